The van der Waals surface area contributed by atoms with Crippen molar-refractivity contribution in [3.63, 3.8) is 0 Å². The largest absolute Gasteiger partial charge is 0.488 e. The zero-order chi connectivity index (χ0) is 15.5. The van der Waals surface area contributed by atoms with Crippen LogP contribution in [0.15, 0.2) is 54.1 Å². The number of fused-ring (bicyclic) bond motifs is 1. The highest BCUT2D eigenvalue weighted by atomic mass is 16.6. The van der Waals surface area contributed by atoms with Crippen LogP contribution in [0.5, 0.6) is 5.75 Å². The van der Waals surface area contributed by atoms with E-state index >= 15 is 0 Å². The molecule has 2 aromatic carbocycles. The minimum atomic E-state index is -0.486. The Morgan fingerprint density at radius 1 is 1.14 bits per heavy atom. The van der Waals surface area contributed by atoms with Crippen molar-refractivity contribution in [1.29, 1.82) is 0 Å². The molecule has 6 heteroatoms. The number of carbonyl (C=O) groups is 1. The van der Waals surface area contributed by atoms with Crippen LogP contribution in [0.25, 0.3) is 6.08 Å². The van der Waals surface area contributed by atoms with Crippen molar-refractivity contribution in [2.24, 2.45) is 0 Å². The fourth-order valence-corrected chi connectivity index (χ4v) is 2.13. The molecule has 0 aromatic heterocycles. The third-order valence-electron chi connectivity index (χ3n) is 3.26. The molecule has 0 saturated heterocycles. The Balaban J connectivity index is 1.75. The van der Waals surface area contributed by atoms with Crippen LogP contribution in [0.4, 0.5) is 11.4 Å². The van der Waals surface area contributed by atoms with E-state index in [0.29, 0.717) is 11.3 Å². The second kappa shape index (κ2) is 5.69. The van der Waals surface area contributed by atoms with Gasteiger partial charge in [0, 0.05) is 23.4 Å². The number of para-hydroxylation sites is 1. The Labute approximate surface area is 126 Å². The molecule has 0 bridgehead atoms. The van der Waals surface area contributed by atoms with E-state index in [1.165, 1.54) is 24.3 Å². The summed E-state index contributed by atoms with van der Waals surface area (Å²) in [5, 5.41) is 13.3. The van der Waals surface area contributed by atoms with Crippen molar-refractivity contribution in [2.45, 2.75) is 0 Å². The predicted octanol–water partition coefficient (Wildman–Crippen LogP) is 3.01. The Bertz CT molecular complexity index is 766. The van der Waals surface area contributed by atoms with Crippen molar-refractivity contribution in [1.82, 2.24) is 0 Å². The highest BCUT2D eigenvalue weighted by Gasteiger charge is 2.17. The summed E-state index contributed by atoms with van der Waals surface area (Å²) in [5.41, 5.74) is 1.82. The van der Waals surface area contributed by atoms with Crippen LogP contribution in [-0.2, 0) is 4.79 Å². The Morgan fingerprint density at radius 3 is 2.59 bits per heavy atom. The smallest absolute Gasteiger partial charge is 0.269 e. The summed E-state index contributed by atoms with van der Waals surface area (Å²) in [7, 11) is 0. The predicted molar refractivity (Wildman–Crippen MR) is 81.6 cm³/mol. The van der Waals surface area contributed by atoms with Crippen molar-refractivity contribution in [3.05, 3.63) is 69.8 Å². The van der Waals surface area contributed by atoms with Gasteiger partial charge >= 0.3 is 0 Å². The molecule has 1 N–H and O–H groups in total. The van der Waals surface area contributed by atoms with E-state index < -0.39 is 4.92 Å². The van der Waals surface area contributed by atoms with Gasteiger partial charge in [0.2, 0.25) is 0 Å². The molecule has 0 spiro atoms. The lowest BCUT2D eigenvalue weighted by Crippen LogP contribution is -2.21. The number of amides is 1. The molecular weight excluding hydrogens is 284 g/mol. The second-order valence-electron chi connectivity index (χ2n) is 4.75. The van der Waals surface area contributed by atoms with Gasteiger partial charge in [-0.1, -0.05) is 18.2 Å². The maximum absolute atomic E-state index is 12.2. The highest BCUT2D eigenvalue weighted by Crippen LogP contribution is 2.26. The first-order valence-corrected chi connectivity index (χ1v) is 6.62. The van der Waals surface area contributed by atoms with E-state index in [-0.39, 0.29) is 18.2 Å². The van der Waals surface area contributed by atoms with Crippen LogP contribution in [0.1, 0.15) is 5.56 Å². The van der Waals surface area contributed by atoms with E-state index in [0.717, 1.165) is 11.3 Å². The van der Waals surface area contributed by atoms with Crippen LogP contribution in [-0.4, -0.2) is 17.4 Å². The van der Waals surface area contributed by atoms with Crippen molar-refractivity contribution < 1.29 is 14.5 Å². The SMILES string of the molecule is O=C(Nc1ccc([N+](=O)[O-])cc1)C1=Cc2ccccc2OC1. The molecule has 0 atom stereocenters. The molecule has 22 heavy (non-hydrogen) atoms. The lowest BCUT2D eigenvalue weighted by molar-refractivity contribution is -0.384. The molecule has 0 radical (unpaired) electrons. The normalized spacial score (nSPS) is 12.6. The quantitative estimate of drug-likeness (QED) is 0.697. The summed E-state index contributed by atoms with van der Waals surface area (Å²) in [5.74, 6) is 0.456. The lowest BCUT2D eigenvalue weighted by atomic mass is 10.1. The van der Waals surface area contributed by atoms with Gasteiger partial charge in [-0.05, 0) is 24.3 Å². The van der Waals surface area contributed by atoms with Gasteiger partial charge in [0.25, 0.3) is 11.6 Å². The van der Waals surface area contributed by atoms with E-state index in [1.807, 2.05) is 24.3 Å². The van der Waals surface area contributed by atoms with Crippen molar-refractivity contribution >= 4 is 23.4 Å². The number of nitrogens with zero attached hydrogens (tertiary/aromatic N) is 1. The summed E-state index contributed by atoms with van der Waals surface area (Å²) >= 11 is 0. The number of benzene rings is 2. The number of hydrogen-bond donors (Lipinski definition) is 1. The summed E-state index contributed by atoms with van der Waals surface area (Å²) in [4.78, 5) is 22.3. The maximum Gasteiger partial charge on any atom is 0.269 e. The Hall–Kier alpha value is -3.15. The van der Waals surface area contributed by atoms with Gasteiger partial charge in [-0.2, -0.15) is 0 Å². The summed E-state index contributed by atoms with van der Waals surface area (Å²) in [6, 6.07) is 13.1. The fourth-order valence-electron chi connectivity index (χ4n) is 2.13. The van der Waals surface area contributed by atoms with Crippen LogP contribution in [0.2, 0.25) is 0 Å². The van der Waals surface area contributed by atoms with Crippen LogP contribution in [0.3, 0.4) is 0 Å². The monoisotopic (exact) mass is 296 g/mol. The van der Waals surface area contributed by atoms with Gasteiger partial charge in [0.05, 0.1) is 10.5 Å². The van der Waals surface area contributed by atoms with Crippen molar-refractivity contribution in [2.75, 3.05) is 11.9 Å². The molecule has 0 unspecified atom stereocenters. The number of carbonyl (C=O) groups excluding carboxylic acids is 1. The van der Waals surface area contributed by atoms with Crippen LogP contribution < -0.4 is 10.1 Å². The first kappa shape index (κ1) is 13.8. The number of anilines is 1. The lowest BCUT2D eigenvalue weighted by Gasteiger charge is -2.17. The van der Waals surface area contributed by atoms with Gasteiger partial charge in [0.1, 0.15) is 12.4 Å². The molecule has 1 aliphatic heterocycles. The van der Waals surface area contributed by atoms with E-state index in [1.54, 1.807) is 6.08 Å². The first-order valence-electron chi connectivity index (χ1n) is 6.62. The van der Waals surface area contributed by atoms with Crippen molar-refractivity contribution in [3.8, 4) is 5.75 Å². The second-order valence-corrected chi connectivity index (χ2v) is 4.75. The number of nitro benzene ring substituents is 1. The molecule has 1 amide bonds. The van der Waals surface area contributed by atoms with E-state index in [9.17, 15) is 14.9 Å². The number of non-ortho nitro benzene ring substituents is 1. The number of hydrogen-bond acceptors (Lipinski definition) is 4. The molecule has 3 rings (SSSR count). The zero-order valence-electron chi connectivity index (χ0n) is 11.5. The minimum Gasteiger partial charge on any atom is -0.488 e. The summed E-state index contributed by atoms with van der Waals surface area (Å²) in [6.45, 7) is 0.190. The standard InChI is InChI=1S/C16H12N2O4/c19-16(17-13-5-7-14(8-6-13)18(20)21)12-9-11-3-1-2-4-15(11)22-10-12/h1-9H,10H2,(H,17,19). The summed E-state index contributed by atoms with van der Waals surface area (Å²) < 4.78 is 5.53. The number of rotatable bonds is 3. The minimum absolute atomic E-state index is 0.0212. The van der Waals surface area contributed by atoms with E-state index in [2.05, 4.69) is 5.32 Å². The van der Waals surface area contributed by atoms with Gasteiger partial charge in [-0.3, -0.25) is 14.9 Å². The molecule has 0 saturated carbocycles. The Kier molecular flexibility index (Phi) is 3.57. The Morgan fingerprint density at radius 2 is 1.86 bits per heavy atom. The molecule has 2 aromatic rings. The van der Waals surface area contributed by atoms with Gasteiger partial charge < -0.3 is 10.1 Å². The van der Waals surface area contributed by atoms with Gasteiger partial charge in [-0.25, -0.2) is 0 Å². The molecular formula is C16H12N2O4. The molecule has 110 valence electrons. The van der Waals surface area contributed by atoms with Gasteiger partial charge in [0.15, 0.2) is 0 Å². The van der Waals surface area contributed by atoms with Crippen LogP contribution >= 0.6 is 0 Å². The maximum atomic E-state index is 12.2. The zero-order valence-corrected chi connectivity index (χ0v) is 11.5. The van der Waals surface area contributed by atoms with Crippen LogP contribution in [0, 0.1) is 10.1 Å². The third-order valence-corrected chi connectivity index (χ3v) is 3.26. The average molecular weight is 296 g/mol. The molecule has 1 heterocycles. The average Bonchev–Trinajstić information content (AvgIpc) is 2.55. The van der Waals surface area contributed by atoms with E-state index in [4.69, 9.17) is 4.74 Å². The third kappa shape index (κ3) is 2.80. The molecule has 0 aliphatic carbocycles. The fraction of sp³-hybridized carbons (Fsp3) is 0.0625. The first-order chi connectivity index (χ1) is 10.6. The highest BCUT2D eigenvalue weighted by molar-refractivity contribution is 6.07. The molecule has 6 nitrogen and oxygen atoms in total. The summed E-state index contributed by atoms with van der Waals surface area (Å²) in [6.07, 6.45) is 1.78. The number of nitrogens with one attached hydrogen (secondary N) is 1. The topological polar surface area (TPSA) is 81.5 Å². The number of nitro groups is 1. The molecule has 1 aliphatic rings. The molecule has 0 fully saturated rings. The van der Waals surface area contributed by atoms with Gasteiger partial charge in [-0.15, -0.1) is 0 Å². The number of ether oxygens (including phenoxy) is 1.